The molecular weight excluding hydrogens is 371 g/mol. The molecule has 0 saturated carbocycles. The number of halogens is 1. The van der Waals surface area contributed by atoms with Crippen molar-refractivity contribution in [1.29, 1.82) is 0 Å². The summed E-state index contributed by atoms with van der Waals surface area (Å²) in [6.45, 7) is 1.93. The van der Waals surface area contributed by atoms with Gasteiger partial charge in [0.15, 0.2) is 0 Å². The molecule has 6 nitrogen and oxygen atoms in total. The number of carbonyl (C=O) groups excluding carboxylic acids is 1. The molecule has 2 amide bonds. The highest BCUT2D eigenvalue weighted by Crippen LogP contribution is 2.29. The largest absolute Gasteiger partial charge is 0.496 e. The van der Waals surface area contributed by atoms with E-state index in [2.05, 4.69) is 10.3 Å². The molecule has 7 heteroatoms. The van der Waals surface area contributed by atoms with Crippen LogP contribution in [0.3, 0.4) is 0 Å². The quantitative estimate of drug-likeness (QED) is 0.684. The molecule has 1 heterocycles. The fourth-order valence-corrected chi connectivity index (χ4v) is 3.26. The molecule has 2 unspecified atom stereocenters. The summed E-state index contributed by atoms with van der Waals surface area (Å²) in [4.78, 5) is 19.0. The maximum Gasteiger partial charge on any atom is 0.318 e. The smallest absolute Gasteiger partial charge is 0.318 e. The van der Waals surface area contributed by atoms with E-state index in [9.17, 15) is 9.18 Å². The van der Waals surface area contributed by atoms with Gasteiger partial charge in [0.2, 0.25) is 0 Å². The Labute approximate surface area is 169 Å². The molecule has 0 radical (unpaired) electrons. The van der Waals surface area contributed by atoms with Crippen molar-refractivity contribution in [2.45, 2.75) is 19.0 Å². The van der Waals surface area contributed by atoms with E-state index >= 15 is 0 Å². The van der Waals surface area contributed by atoms with E-state index in [0.29, 0.717) is 17.1 Å². The van der Waals surface area contributed by atoms with Gasteiger partial charge in [-0.05, 0) is 30.7 Å². The lowest BCUT2D eigenvalue weighted by Gasteiger charge is -2.29. The van der Waals surface area contributed by atoms with Gasteiger partial charge in [0.1, 0.15) is 23.4 Å². The molecule has 0 aliphatic rings. The third-order valence-electron chi connectivity index (χ3n) is 5.06. The summed E-state index contributed by atoms with van der Waals surface area (Å²) in [5.41, 5.74) is 1.51. The zero-order chi connectivity index (χ0) is 21.0. The van der Waals surface area contributed by atoms with Crippen molar-refractivity contribution in [3.63, 3.8) is 0 Å². The topological polar surface area (TPSA) is 59.4 Å². The van der Waals surface area contributed by atoms with E-state index in [0.717, 1.165) is 5.56 Å². The van der Waals surface area contributed by atoms with Crippen LogP contribution in [0.25, 0.3) is 0 Å². The van der Waals surface area contributed by atoms with Crippen LogP contribution < -0.4 is 10.1 Å². The minimum atomic E-state index is -0.592. The van der Waals surface area contributed by atoms with Crippen LogP contribution in [0.4, 0.5) is 9.18 Å². The van der Waals surface area contributed by atoms with E-state index < -0.39 is 6.04 Å². The molecule has 0 bridgehead atoms. The third kappa shape index (κ3) is 4.39. The van der Waals surface area contributed by atoms with E-state index in [-0.39, 0.29) is 17.9 Å². The molecule has 29 heavy (non-hydrogen) atoms. The summed E-state index contributed by atoms with van der Waals surface area (Å²) in [5.74, 6) is 0.958. The van der Waals surface area contributed by atoms with Crippen molar-refractivity contribution in [2.24, 2.45) is 7.05 Å². The number of amides is 2. The fourth-order valence-electron chi connectivity index (χ4n) is 3.26. The molecule has 0 spiro atoms. The molecule has 3 rings (SSSR count). The van der Waals surface area contributed by atoms with Crippen LogP contribution in [-0.2, 0) is 7.05 Å². The Morgan fingerprint density at radius 1 is 1.24 bits per heavy atom. The summed E-state index contributed by atoms with van der Waals surface area (Å²) in [5, 5.41) is 2.99. The fraction of sp³-hybridized carbons (Fsp3) is 0.273. The van der Waals surface area contributed by atoms with Gasteiger partial charge in [0.05, 0.1) is 13.2 Å². The van der Waals surface area contributed by atoms with E-state index in [1.807, 2.05) is 38.2 Å². The van der Waals surface area contributed by atoms with Gasteiger partial charge in [0.25, 0.3) is 0 Å². The zero-order valence-corrected chi connectivity index (χ0v) is 17.0. The van der Waals surface area contributed by atoms with Crippen LogP contribution in [0.5, 0.6) is 5.75 Å². The van der Waals surface area contributed by atoms with Gasteiger partial charge in [-0.2, -0.15) is 0 Å². The van der Waals surface area contributed by atoms with Crippen LogP contribution in [0, 0.1) is 5.82 Å². The Balaban J connectivity index is 1.87. The third-order valence-corrected chi connectivity index (χ3v) is 5.06. The first-order chi connectivity index (χ1) is 13.9. The SMILES string of the molecule is COc1ccccc1C(C)N(C)C(=O)NC(c1cccc(F)c1)c1nccn1C. The Morgan fingerprint density at radius 3 is 2.66 bits per heavy atom. The lowest BCUT2D eigenvalue weighted by molar-refractivity contribution is 0.190. The Bertz CT molecular complexity index is 988. The highest BCUT2D eigenvalue weighted by atomic mass is 19.1. The van der Waals surface area contributed by atoms with Crippen molar-refractivity contribution in [2.75, 3.05) is 14.2 Å². The lowest BCUT2D eigenvalue weighted by Crippen LogP contribution is -2.41. The molecule has 0 fully saturated rings. The van der Waals surface area contributed by atoms with Gasteiger partial charge in [-0.25, -0.2) is 14.2 Å². The first-order valence-electron chi connectivity index (χ1n) is 9.31. The van der Waals surface area contributed by atoms with Crippen LogP contribution in [0.2, 0.25) is 0 Å². The number of para-hydroxylation sites is 1. The number of aryl methyl sites for hydroxylation is 1. The van der Waals surface area contributed by atoms with Crippen molar-refractivity contribution >= 4 is 6.03 Å². The van der Waals surface area contributed by atoms with E-state index in [1.54, 1.807) is 48.2 Å². The molecule has 2 aromatic carbocycles. The van der Waals surface area contributed by atoms with Gasteiger partial charge in [-0.3, -0.25) is 0 Å². The number of aromatic nitrogens is 2. The highest BCUT2D eigenvalue weighted by Gasteiger charge is 2.26. The minimum absolute atomic E-state index is 0.235. The minimum Gasteiger partial charge on any atom is -0.496 e. The summed E-state index contributed by atoms with van der Waals surface area (Å²) < 4.78 is 21.1. The first kappa shape index (κ1) is 20.4. The number of urea groups is 1. The predicted octanol–water partition coefficient (Wildman–Crippen LogP) is 4.06. The van der Waals surface area contributed by atoms with Crippen molar-refractivity contribution in [3.05, 3.63) is 83.7 Å². The average molecular weight is 396 g/mol. The second-order valence-corrected chi connectivity index (χ2v) is 6.86. The van der Waals surface area contributed by atoms with E-state index in [4.69, 9.17) is 4.74 Å². The van der Waals surface area contributed by atoms with E-state index in [1.165, 1.54) is 12.1 Å². The molecule has 1 aromatic heterocycles. The summed E-state index contributed by atoms with van der Waals surface area (Å²) in [6.07, 6.45) is 3.43. The molecule has 2 atom stereocenters. The number of carbonyl (C=O) groups is 1. The number of rotatable bonds is 6. The van der Waals surface area contributed by atoms with Gasteiger partial charge in [-0.1, -0.05) is 30.3 Å². The Morgan fingerprint density at radius 2 is 2.00 bits per heavy atom. The van der Waals surface area contributed by atoms with Crippen LogP contribution in [-0.4, -0.2) is 34.6 Å². The summed E-state index contributed by atoms with van der Waals surface area (Å²) >= 11 is 0. The average Bonchev–Trinajstić information content (AvgIpc) is 3.16. The summed E-state index contributed by atoms with van der Waals surface area (Å²) in [6, 6.07) is 12.6. The monoisotopic (exact) mass is 396 g/mol. The second kappa shape index (κ2) is 8.77. The molecule has 3 aromatic rings. The van der Waals surface area contributed by atoms with Crippen molar-refractivity contribution < 1.29 is 13.9 Å². The number of methoxy groups -OCH3 is 1. The number of imidazole rings is 1. The Hall–Kier alpha value is -3.35. The van der Waals surface area contributed by atoms with Gasteiger partial charge >= 0.3 is 6.03 Å². The number of nitrogens with one attached hydrogen (secondary N) is 1. The number of ether oxygens (including phenoxy) is 1. The lowest BCUT2D eigenvalue weighted by atomic mass is 10.1. The second-order valence-electron chi connectivity index (χ2n) is 6.86. The van der Waals surface area contributed by atoms with Gasteiger partial charge in [-0.15, -0.1) is 0 Å². The van der Waals surface area contributed by atoms with Crippen molar-refractivity contribution in [3.8, 4) is 5.75 Å². The van der Waals surface area contributed by atoms with Gasteiger partial charge in [0, 0.05) is 32.1 Å². The molecule has 0 aliphatic carbocycles. The maximum atomic E-state index is 13.8. The number of hydrogen-bond acceptors (Lipinski definition) is 3. The number of hydrogen-bond donors (Lipinski definition) is 1. The highest BCUT2D eigenvalue weighted by molar-refractivity contribution is 5.75. The number of benzene rings is 2. The Kier molecular flexibility index (Phi) is 6.16. The van der Waals surface area contributed by atoms with Crippen LogP contribution in [0.1, 0.15) is 36.0 Å². The first-order valence-corrected chi connectivity index (χ1v) is 9.31. The molecule has 0 aliphatic heterocycles. The van der Waals surface area contributed by atoms with Crippen molar-refractivity contribution in [1.82, 2.24) is 19.8 Å². The zero-order valence-electron chi connectivity index (χ0n) is 17.0. The molecule has 152 valence electrons. The van der Waals surface area contributed by atoms with Crippen LogP contribution in [0.15, 0.2) is 60.9 Å². The standard InChI is InChI=1S/C22H25FN4O2/c1-15(18-10-5-6-11-19(18)29-4)27(3)22(28)25-20(21-24-12-13-26(21)2)16-8-7-9-17(23)14-16/h5-15,20H,1-4H3,(H,25,28). The maximum absolute atomic E-state index is 13.8. The normalized spacial score (nSPS) is 12.9. The molecule has 0 saturated heterocycles. The number of nitrogens with zero attached hydrogens (tertiary/aromatic N) is 3. The summed E-state index contributed by atoms with van der Waals surface area (Å²) in [7, 11) is 5.15. The molecular formula is C22H25FN4O2. The van der Waals surface area contributed by atoms with Gasteiger partial charge < -0.3 is 19.5 Å². The van der Waals surface area contributed by atoms with Crippen LogP contribution >= 0.6 is 0 Å². The molecule has 1 N–H and O–H groups in total. The predicted molar refractivity (Wildman–Crippen MR) is 109 cm³/mol.